The topological polar surface area (TPSA) is 29.5 Å². The maximum absolute atomic E-state index is 11.2. The van der Waals surface area contributed by atoms with Gasteiger partial charge in [0, 0.05) is 11.1 Å². The predicted molar refractivity (Wildman–Crippen MR) is 63.9 cm³/mol. The van der Waals surface area contributed by atoms with Gasteiger partial charge in [-0.25, -0.2) is 0 Å². The second-order valence-corrected chi connectivity index (χ2v) is 5.65. The molecule has 16 heavy (non-hydrogen) atoms. The molecule has 1 saturated heterocycles. The van der Waals surface area contributed by atoms with Crippen molar-refractivity contribution in [2.75, 3.05) is 6.61 Å². The van der Waals surface area contributed by atoms with Crippen LogP contribution in [-0.2, 0) is 9.53 Å². The highest BCUT2D eigenvalue weighted by Crippen LogP contribution is 2.38. The van der Waals surface area contributed by atoms with Gasteiger partial charge in [0.1, 0.15) is 6.61 Å². The largest absolute Gasteiger partial charge is 0.365 e. The molecule has 3 heteroatoms. The highest BCUT2D eigenvalue weighted by atomic mass is 16.5. The van der Waals surface area contributed by atoms with Gasteiger partial charge in [-0.3, -0.25) is 4.79 Å². The summed E-state index contributed by atoms with van der Waals surface area (Å²) in [5.41, 5.74) is -0.356. The summed E-state index contributed by atoms with van der Waals surface area (Å²) < 4.78 is 5.62. The van der Waals surface area contributed by atoms with E-state index in [4.69, 9.17) is 11.2 Å². The fourth-order valence-corrected chi connectivity index (χ4v) is 2.77. The smallest absolute Gasteiger partial charge is 0.210 e. The Morgan fingerprint density at radius 1 is 1.38 bits per heavy atom. The van der Waals surface area contributed by atoms with Gasteiger partial charge in [-0.1, -0.05) is 5.92 Å². The van der Waals surface area contributed by atoms with Gasteiger partial charge < -0.3 is 9.64 Å². The van der Waals surface area contributed by atoms with E-state index in [0.717, 1.165) is 19.3 Å². The first kappa shape index (κ1) is 13.1. The Morgan fingerprint density at radius 2 is 1.88 bits per heavy atom. The van der Waals surface area contributed by atoms with Gasteiger partial charge in [-0.15, -0.1) is 6.42 Å². The first-order valence-electron chi connectivity index (χ1n) is 5.63. The Hall–Kier alpha value is -1.01. The SMILES string of the molecule is C#CCOC1CC(C)(C)N(C=O)C(C)(C)C1. The number of carbonyl (C=O) groups is 1. The summed E-state index contributed by atoms with van der Waals surface area (Å²) in [5, 5.41) is 0. The van der Waals surface area contributed by atoms with Crippen LogP contribution >= 0.6 is 0 Å². The number of piperidine rings is 1. The summed E-state index contributed by atoms with van der Waals surface area (Å²) in [4.78, 5) is 13.0. The fourth-order valence-electron chi connectivity index (χ4n) is 2.77. The molecule has 0 aromatic heterocycles. The molecule has 90 valence electrons. The van der Waals surface area contributed by atoms with E-state index < -0.39 is 0 Å². The van der Waals surface area contributed by atoms with Crippen molar-refractivity contribution >= 4 is 6.41 Å². The second kappa shape index (κ2) is 4.47. The van der Waals surface area contributed by atoms with Crippen LogP contribution in [0, 0.1) is 12.3 Å². The van der Waals surface area contributed by atoms with E-state index in [2.05, 4.69) is 33.6 Å². The Morgan fingerprint density at radius 3 is 2.25 bits per heavy atom. The molecule has 3 nitrogen and oxygen atoms in total. The van der Waals surface area contributed by atoms with Gasteiger partial charge in [0.05, 0.1) is 6.10 Å². The van der Waals surface area contributed by atoms with E-state index in [1.165, 1.54) is 0 Å². The van der Waals surface area contributed by atoms with Crippen LogP contribution in [-0.4, -0.2) is 35.1 Å². The van der Waals surface area contributed by atoms with Gasteiger partial charge >= 0.3 is 0 Å². The third-order valence-corrected chi connectivity index (χ3v) is 3.27. The van der Waals surface area contributed by atoms with E-state index >= 15 is 0 Å². The lowest BCUT2D eigenvalue weighted by Crippen LogP contribution is -2.61. The van der Waals surface area contributed by atoms with Gasteiger partial charge in [0.15, 0.2) is 0 Å². The molecule has 1 rings (SSSR count). The molecule has 1 amide bonds. The highest BCUT2D eigenvalue weighted by molar-refractivity contribution is 5.51. The van der Waals surface area contributed by atoms with Crippen molar-refractivity contribution in [1.82, 2.24) is 4.90 Å². The first-order chi connectivity index (χ1) is 7.33. The Kier molecular flexibility index (Phi) is 3.64. The number of amides is 1. The zero-order valence-electron chi connectivity index (χ0n) is 10.6. The van der Waals surface area contributed by atoms with Crippen molar-refractivity contribution in [3.63, 3.8) is 0 Å². The average Bonchev–Trinajstić information content (AvgIpc) is 2.11. The highest BCUT2D eigenvalue weighted by Gasteiger charge is 2.44. The minimum atomic E-state index is -0.178. The Labute approximate surface area is 98.1 Å². The fraction of sp³-hybridized carbons (Fsp3) is 0.769. The summed E-state index contributed by atoms with van der Waals surface area (Å²) in [5.74, 6) is 2.49. The maximum atomic E-state index is 11.2. The number of terminal acetylenes is 1. The van der Waals surface area contributed by atoms with Crippen LogP contribution in [0.25, 0.3) is 0 Å². The molecular weight excluding hydrogens is 202 g/mol. The van der Waals surface area contributed by atoms with Crippen molar-refractivity contribution in [2.24, 2.45) is 0 Å². The number of carbonyl (C=O) groups excluding carboxylic acids is 1. The van der Waals surface area contributed by atoms with Crippen LogP contribution in [0.5, 0.6) is 0 Å². The van der Waals surface area contributed by atoms with E-state index in [1.54, 1.807) is 0 Å². The Bertz CT molecular complexity index is 284. The van der Waals surface area contributed by atoms with Crippen LogP contribution in [0.2, 0.25) is 0 Å². The van der Waals surface area contributed by atoms with Crippen LogP contribution in [0.4, 0.5) is 0 Å². The molecule has 1 heterocycles. The van der Waals surface area contributed by atoms with Crippen LogP contribution in [0.15, 0.2) is 0 Å². The van der Waals surface area contributed by atoms with Crippen molar-refractivity contribution < 1.29 is 9.53 Å². The number of rotatable bonds is 3. The van der Waals surface area contributed by atoms with Crippen LogP contribution in [0.3, 0.4) is 0 Å². The number of likely N-dealkylation sites (tertiary alicyclic amines) is 1. The summed E-state index contributed by atoms with van der Waals surface area (Å²) in [7, 11) is 0. The number of hydrogen-bond donors (Lipinski definition) is 0. The van der Waals surface area contributed by atoms with Crippen molar-refractivity contribution in [3.05, 3.63) is 0 Å². The molecule has 1 fully saturated rings. The predicted octanol–water partition coefficient (Wildman–Crippen LogP) is 1.81. The van der Waals surface area contributed by atoms with E-state index in [9.17, 15) is 4.79 Å². The lowest BCUT2D eigenvalue weighted by atomic mass is 9.78. The summed E-state index contributed by atoms with van der Waals surface area (Å²) in [6.45, 7) is 8.60. The third-order valence-electron chi connectivity index (χ3n) is 3.27. The first-order valence-corrected chi connectivity index (χ1v) is 5.63. The zero-order valence-corrected chi connectivity index (χ0v) is 10.6. The standard InChI is InChI=1S/C13H21NO2/c1-6-7-16-11-8-12(2,3)14(10-15)13(4,5)9-11/h1,10-11H,7-9H2,2-5H3. The minimum absolute atomic E-state index is 0.136. The molecule has 0 aliphatic carbocycles. The quantitative estimate of drug-likeness (QED) is 0.539. The maximum Gasteiger partial charge on any atom is 0.210 e. The van der Waals surface area contributed by atoms with Crippen molar-refractivity contribution in [1.29, 1.82) is 0 Å². The van der Waals surface area contributed by atoms with Crippen molar-refractivity contribution in [3.8, 4) is 12.3 Å². The Balaban J connectivity index is 2.81. The lowest BCUT2D eigenvalue weighted by molar-refractivity contribution is -0.143. The van der Waals surface area contributed by atoms with Crippen LogP contribution in [0.1, 0.15) is 40.5 Å². The van der Waals surface area contributed by atoms with Gasteiger partial charge in [-0.05, 0) is 40.5 Å². The molecule has 0 N–H and O–H groups in total. The van der Waals surface area contributed by atoms with Crippen LogP contribution < -0.4 is 0 Å². The summed E-state index contributed by atoms with van der Waals surface area (Å²) >= 11 is 0. The molecular formula is C13H21NO2. The molecule has 0 aromatic rings. The molecule has 0 saturated carbocycles. The van der Waals surface area contributed by atoms with E-state index in [1.807, 2.05) is 4.90 Å². The monoisotopic (exact) mass is 223 g/mol. The van der Waals surface area contributed by atoms with E-state index in [0.29, 0.717) is 6.61 Å². The van der Waals surface area contributed by atoms with Gasteiger partial charge in [-0.2, -0.15) is 0 Å². The average molecular weight is 223 g/mol. The molecule has 0 radical (unpaired) electrons. The van der Waals surface area contributed by atoms with Gasteiger partial charge in [0.25, 0.3) is 0 Å². The van der Waals surface area contributed by atoms with E-state index in [-0.39, 0.29) is 17.2 Å². The summed E-state index contributed by atoms with van der Waals surface area (Å²) in [6.07, 6.45) is 7.93. The molecule has 1 aliphatic heterocycles. The number of nitrogens with zero attached hydrogens (tertiary/aromatic N) is 1. The normalized spacial score (nSPS) is 23.8. The molecule has 0 atom stereocenters. The third kappa shape index (κ3) is 2.56. The zero-order chi connectivity index (χ0) is 12.4. The second-order valence-electron chi connectivity index (χ2n) is 5.65. The molecule has 0 aromatic carbocycles. The number of ether oxygens (including phenoxy) is 1. The van der Waals surface area contributed by atoms with Gasteiger partial charge in [0.2, 0.25) is 6.41 Å². The molecule has 1 aliphatic rings. The summed E-state index contributed by atoms with van der Waals surface area (Å²) in [6, 6.07) is 0. The molecule has 0 unspecified atom stereocenters. The number of hydrogen-bond acceptors (Lipinski definition) is 2. The molecule has 0 spiro atoms. The minimum Gasteiger partial charge on any atom is -0.365 e. The van der Waals surface area contributed by atoms with Crippen molar-refractivity contribution in [2.45, 2.75) is 57.7 Å². The molecule has 0 bridgehead atoms. The lowest BCUT2D eigenvalue weighted by Gasteiger charge is -2.53.